The van der Waals surface area contributed by atoms with Crippen molar-refractivity contribution in [1.82, 2.24) is 24.6 Å². The number of amides is 2. The summed E-state index contributed by atoms with van der Waals surface area (Å²) in [4.78, 5) is 30.9. The van der Waals surface area contributed by atoms with Crippen molar-refractivity contribution < 1.29 is 27.2 Å². The number of rotatable bonds is 5. The number of para-hydroxylation sites is 1. The molecule has 0 unspecified atom stereocenters. The summed E-state index contributed by atoms with van der Waals surface area (Å²) < 4.78 is 54.4. The molecule has 0 spiro atoms. The fraction of sp³-hybridized carbons (Fsp3) is 0.364. The first kappa shape index (κ1) is 23.5. The molecule has 1 fully saturated rings. The molecule has 0 bridgehead atoms. The molecule has 0 radical (unpaired) electrons. The number of hydrogen-bond acceptors (Lipinski definition) is 5. The van der Waals surface area contributed by atoms with Gasteiger partial charge in [-0.15, -0.1) is 0 Å². The number of fused-ring (bicyclic) bond motifs is 1. The molecule has 1 aliphatic rings. The van der Waals surface area contributed by atoms with E-state index in [2.05, 4.69) is 10.1 Å². The molecule has 1 aromatic carbocycles. The Bertz CT molecular complexity index is 1250. The highest BCUT2D eigenvalue weighted by molar-refractivity contribution is 5.96. The van der Waals surface area contributed by atoms with E-state index >= 15 is 0 Å². The molecule has 0 saturated carbocycles. The van der Waals surface area contributed by atoms with E-state index in [1.54, 1.807) is 24.3 Å². The lowest BCUT2D eigenvalue weighted by Gasteiger charge is -2.38. The second kappa shape index (κ2) is 8.58. The number of likely N-dealkylation sites (N-methyl/N-ethyl adjacent to an activating group) is 1. The average molecular weight is 478 g/mol. The van der Waals surface area contributed by atoms with Gasteiger partial charge in [0.05, 0.1) is 23.0 Å². The summed E-state index contributed by atoms with van der Waals surface area (Å²) in [5.41, 5.74) is 6.60. The van der Waals surface area contributed by atoms with Crippen LogP contribution in [0.1, 0.15) is 28.9 Å². The lowest BCUT2D eigenvalue weighted by Crippen LogP contribution is -2.49. The summed E-state index contributed by atoms with van der Waals surface area (Å²) in [6, 6.07) is 6.30. The Morgan fingerprint density at radius 3 is 2.62 bits per heavy atom. The van der Waals surface area contributed by atoms with Crippen molar-refractivity contribution in [2.45, 2.75) is 31.6 Å². The Kier molecular flexibility index (Phi) is 5.92. The Morgan fingerprint density at radius 2 is 1.94 bits per heavy atom. The van der Waals surface area contributed by atoms with Crippen LogP contribution >= 0.6 is 0 Å². The molecule has 1 aliphatic heterocycles. The van der Waals surface area contributed by atoms with Gasteiger partial charge in [0, 0.05) is 31.4 Å². The summed E-state index contributed by atoms with van der Waals surface area (Å²) in [5, 5.41) is 5.23. The van der Waals surface area contributed by atoms with Crippen LogP contribution in [0.4, 0.5) is 23.4 Å². The van der Waals surface area contributed by atoms with Crippen molar-refractivity contribution in [3.8, 4) is 0 Å². The van der Waals surface area contributed by atoms with E-state index in [1.807, 2.05) is 0 Å². The highest BCUT2D eigenvalue weighted by Gasteiger charge is 2.41. The van der Waals surface area contributed by atoms with Gasteiger partial charge in [0.15, 0.2) is 5.82 Å². The maximum Gasteiger partial charge on any atom is 0.408 e. The maximum atomic E-state index is 14.0. The van der Waals surface area contributed by atoms with Crippen LogP contribution in [0.3, 0.4) is 0 Å². The van der Waals surface area contributed by atoms with Crippen molar-refractivity contribution in [3.63, 3.8) is 0 Å². The molecule has 2 N–H and O–H groups in total. The van der Waals surface area contributed by atoms with Gasteiger partial charge in [0.25, 0.3) is 5.91 Å². The van der Waals surface area contributed by atoms with E-state index < -0.39 is 29.8 Å². The zero-order valence-electron chi connectivity index (χ0n) is 18.4. The molecule has 3 heterocycles. The molecular weight excluding hydrogens is 456 g/mol. The average Bonchev–Trinajstić information content (AvgIpc) is 3.10. The largest absolute Gasteiger partial charge is 0.408 e. The third-order valence-corrected chi connectivity index (χ3v) is 6.08. The van der Waals surface area contributed by atoms with Crippen LogP contribution < -0.4 is 5.73 Å². The number of hydrogen-bond donors (Lipinski definition) is 1. The van der Waals surface area contributed by atoms with Gasteiger partial charge in [-0.25, -0.2) is 9.37 Å². The van der Waals surface area contributed by atoms with Crippen LogP contribution in [0, 0.1) is 5.82 Å². The van der Waals surface area contributed by atoms with Crippen LogP contribution in [-0.2, 0) is 11.3 Å². The fourth-order valence-electron chi connectivity index (χ4n) is 3.86. The first-order valence-corrected chi connectivity index (χ1v) is 10.5. The molecule has 0 aliphatic carbocycles. The molecule has 8 nitrogen and oxygen atoms in total. The van der Waals surface area contributed by atoms with Crippen molar-refractivity contribution in [2.24, 2.45) is 0 Å². The number of carbonyl (C=O) groups is 2. The highest BCUT2D eigenvalue weighted by Crippen LogP contribution is 2.33. The number of nitrogen functional groups attached to an aromatic ring is 1. The second-order valence-electron chi connectivity index (χ2n) is 8.28. The number of anilines is 1. The monoisotopic (exact) mass is 478 g/mol. The summed E-state index contributed by atoms with van der Waals surface area (Å²) >= 11 is 0. The molecule has 180 valence electrons. The molecular formula is C22H22F4N6O2. The summed E-state index contributed by atoms with van der Waals surface area (Å²) in [6.07, 6.45) is -3.65. The normalized spacial score (nSPS) is 15.3. The van der Waals surface area contributed by atoms with E-state index in [4.69, 9.17) is 5.73 Å². The number of halogens is 4. The van der Waals surface area contributed by atoms with E-state index in [0.717, 1.165) is 25.6 Å². The molecule has 1 atom stereocenters. The third-order valence-electron chi connectivity index (χ3n) is 6.08. The highest BCUT2D eigenvalue weighted by atomic mass is 19.4. The second-order valence-corrected chi connectivity index (χ2v) is 8.28. The first-order chi connectivity index (χ1) is 16.0. The van der Waals surface area contributed by atoms with Gasteiger partial charge in [-0.05, 0) is 19.1 Å². The molecule has 3 aromatic rings. The van der Waals surface area contributed by atoms with E-state index in [1.165, 1.54) is 15.6 Å². The van der Waals surface area contributed by atoms with Crippen molar-refractivity contribution in [2.75, 3.05) is 25.9 Å². The molecule has 12 heteroatoms. The lowest BCUT2D eigenvalue weighted by molar-refractivity contribution is -0.182. The van der Waals surface area contributed by atoms with Gasteiger partial charge >= 0.3 is 6.18 Å². The minimum atomic E-state index is -4.54. The van der Waals surface area contributed by atoms with Crippen LogP contribution in [-0.4, -0.2) is 68.7 Å². The van der Waals surface area contributed by atoms with Gasteiger partial charge in [-0.1, -0.05) is 18.2 Å². The number of pyridine rings is 1. The zero-order chi connectivity index (χ0) is 24.8. The molecule has 2 aromatic heterocycles. The Labute approximate surface area is 191 Å². The quantitative estimate of drug-likeness (QED) is 0.569. The van der Waals surface area contributed by atoms with Crippen LogP contribution in [0.5, 0.6) is 0 Å². The molecule has 2 amide bonds. The van der Waals surface area contributed by atoms with Gasteiger partial charge in [0.2, 0.25) is 5.91 Å². The topological polar surface area (TPSA) is 97.4 Å². The van der Waals surface area contributed by atoms with Gasteiger partial charge in [-0.3, -0.25) is 14.3 Å². The number of aromatic nitrogens is 3. The van der Waals surface area contributed by atoms with E-state index in [9.17, 15) is 27.2 Å². The predicted octanol–water partition coefficient (Wildman–Crippen LogP) is 2.80. The smallest absolute Gasteiger partial charge is 0.384 e. The van der Waals surface area contributed by atoms with E-state index in [-0.39, 0.29) is 36.9 Å². The summed E-state index contributed by atoms with van der Waals surface area (Å²) in [6.45, 7) is 1.08. The Balaban J connectivity index is 1.53. The summed E-state index contributed by atoms with van der Waals surface area (Å²) in [7, 11) is 1.10. The van der Waals surface area contributed by atoms with Crippen molar-refractivity contribution in [3.05, 3.63) is 53.6 Å². The standard InChI is InChI=1S/C22H22F4N6O2/c1-12(22(24,25)26)30(2)19(33)11-32-17-6-4-3-5-14(17)20(29-32)13-9-31(10-13)21(34)15-7-18(27)28-8-16(15)23/h3-8,12-13H,9-11H2,1-2H3,(H2,27,28)/t12-/m0/s1. The Hall–Kier alpha value is -3.70. The zero-order valence-corrected chi connectivity index (χ0v) is 18.4. The maximum absolute atomic E-state index is 14.0. The number of alkyl halides is 3. The Morgan fingerprint density at radius 1 is 1.26 bits per heavy atom. The molecule has 34 heavy (non-hydrogen) atoms. The van der Waals surface area contributed by atoms with Crippen LogP contribution in [0.2, 0.25) is 0 Å². The van der Waals surface area contributed by atoms with Crippen LogP contribution in [0.25, 0.3) is 10.9 Å². The fourth-order valence-corrected chi connectivity index (χ4v) is 3.86. The van der Waals surface area contributed by atoms with Crippen molar-refractivity contribution in [1.29, 1.82) is 0 Å². The van der Waals surface area contributed by atoms with Gasteiger partial charge in [0.1, 0.15) is 18.4 Å². The summed E-state index contributed by atoms with van der Waals surface area (Å²) in [5.74, 6) is -2.18. The minimum Gasteiger partial charge on any atom is -0.384 e. The SMILES string of the molecule is C[C@H](N(C)C(=O)Cn1nc(C2CN(C(=O)c3cc(N)ncc3F)C2)c2ccccc21)C(F)(F)F. The molecule has 4 rings (SSSR count). The van der Waals surface area contributed by atoms with E-state index in [0.29, 0.717) is 16.1 Å². The molecule has 1 saturated heterocycles. The van der Waals surface area contributed by atoms with Crippen LogP contribution in [0.15, 0.2) is 36.5 Å². The predicted molar refractivity (Wildman–Crippen MR) is 115 cm³/mol. The minimum absolute atomic E-state index is 0.0287. The number of nitrogens with two attached hydrogens (primary N) is 1. The van der Waals surface area contributed by atoms with Gasteiger partial charge in [-0.2, -0.15) is 18.3 Å². The van der Waals surface area contributed by atoms with Crippen molar-refractivity contribution >= 4 is 28.5 Å². The van der Waals surface area contributed by atoms with Gasteiger partial charge < -0.3 is 15.5 Å². The number of nitrogens with zero attached hydrogens (tertiary/aromatic N) is 5. The number of carbonyl (C=O) groups excluding carboxylic acids is 2. The lowest BCUT2D eigenvalue weighted by atomic mass is 9.93. The first-order valence-electron chi connectivity index (χ1n) is 10.5. The number of benzene rings is 1. The third kappa shape index (κ3) is 4.27. The number of likely N-dealkylation sites (tertiary alicyclic amines) is 1.